The summed E-state index contributed by atoms with van der Waals surface area (Å²) in [4.78, 5) is 14.6. The Kier molecular flexibility index (Phi) is 3.60. The van der Waals surface area contributed by atoms with Gasteiger partial charge in [-0.2, -0.15) is 0 Å². The van der Waals surface area contributed by atoms with E-state index in [0.29, 0.717) is 6.54 Å². The van der Waals surface area contributed by atoms with E-state index in [2.05, 4.69) is 0 Å². The number of hydrogen-bond acceptors (Lipinski definition) is 2. The molecule has 0 radical (unpaired) electrons. The summed E-state index contributed by atoms with van der Waals surface area (Å²) < 4.78 is 19.0. The topological polar surface area (TPSA) is 33.5 Å². The van der Waals surface area contributed by atoms with Crippen LogP contribution in [-0.2, 0) is 17.6 Å². The SMILES string of the molecule is Cc1ccc2c(CC(=O)N3CCCc4cc(F)ccc43)coc2c1. The number of hydrogen-bond donors (Lipinski definition) is 0. The average Bonchev–Trinajstić information content (AvgIpc) is 2.95. The van der Waals surface area contributed by atoms with E-state index in [4.69, 9.17) is 4.42 Å². The van der Waals surface area contributed by atoms with Gasteiger partial charge in [0.1, 0.15) is 11.4 Å². The zero-order valence-electron chi connectivity index (χ0n) is 13.5. The number of benzene rings is 2. The zero-order chi connectivity index (χ0) is 16.7. The minimum Gasteiger partial charge on any atom is -0.464 e. The summed E-state index contributed by atoms with van der Waals surface area (Å²) in [5.74, 6) is -0.231. The Morgan fingerprint density at radius 3 is 3.00 bits per heavy atom. The number of carbonyl (C=O) groups is 1. The third-order valence-corrected chi connectivity index (χ3v) is 4.61. The van der Waals surface area contributed by atoms with Crippen molar-refractivity contribution in [3.8, 4) is 0 Å². The second-order valence-electron chi connectivity index (χ2n) is 6.36. The van der Waals surface area contributed by atoms with Crippen molar-refractivity contribution in [3.63, 3.8) is 0 Å². The van der Waals surface area contributed by atoms with Crippen LogP contribution in [0.25, 0.3) is 11.0 Å². The number of carbonyl (C=O) groups excluding carboxylic acids is 1. The van der Waals surface area contributed by atoms with Crippen LogP contribution in [0.15, 0.2) is 47.1 Å². The molecular weight excluding hydrogens is 305 g/mol. The standard InChI is InChI=1S/C20H18FNO2/c1-13-4-6-17-15(12-24-19(17)9-13)11-20(23)22-8-2-3-14-10-16(21)5-7-18(14)22/h4-7,9-10,12H,2-3,8,11H2,1H3. The smallest absolute Gasteiger partial charge is 0.231 e. The first-order chi connectivity index (χ1) is 11.6. The maximum absolute atomic E-state index is 13.4. The summed E-state index contributed by atoms with van der Waals surface area (Å²) in [7, 11) is 0. The molecule has 4 heteroatoms. The Morgan fingerprint density at radius 2 is 2.12 bits per heavy atom. The molecule has 0 saturated heterocycles. The van der Waals surface area contributed by atoms with Crippen LogP contribution in [0, 0.1) is 12.7 Å². The number of nitrogens with zero attached hydrogens (tertiary/aromatic N) is 1. The van der Waals surface area contributed by atoms with Gasteiger partial charge >= 0.3 is 0 Å². The molecule has 0 aliphatic carbocycles. The van der Waals surface area contributed by atoms with Crippen LogP contribution in [-0.4, -0.2) is 12.5 Å². The highest BCUT2D eigenvalue weighted by molar-refractivity contribution is 5.98. The predicted molar refractivity (Wildman–Crippen MR) is 91.7 cm³/mol. The molecule has 1 aliphatic rings. The largest absolute Gasteiger partial charge is 0.464 e. The van der Waals surface area contributed by atoms with E-state index < -0.39 is 0 Å². The van der Waals surface area contributed by atoms with Gasteiger partial charge in [0.25, 0.3) is 0 Å². The number of furan rings is 1. The minimum absolute atomic E-state index is 0.0193. The first-order valence-corrected chi connectivity index (χ1v) is 8.17. The van der Waals surface area contributed by atoms with E-state index in [1.807, 2.05) is 25.1 Å². The lowest BCUT2D eigenvalue weighted by molar-refractivity contribution is -0.118. The van der Waals surface area contributed by atoms with Crippen molar-refractivity contribution in [3.05, 3.63) is 65.2 Å². The molecule has 0 saturated carbocycles. The fraction of sp³-hybridized carbons (Fsp3) is 0.250. The maximum atomic E-state index is 13.4. The molecule has 1 aliphatic heterocycles. The number of amides is 1. The summed E-state index contributed by atoms with van der Waals surface area (Å²) in [6.45, 7) is 2.68. The first-order valence-electron chi connectivity index (χ1n) is 8.17. The molecule has 2 heterocycles. The van der Waals surface area contributed by atoms with Gasteiger partial charge < -0.3 is 9.32 Å². The molecule has 0 N–H and O–H groups in total. The van der Waals surface area contributed by atoms with Gasteiger partial charge in [-0.05, 0) is 55.2 Å². The number of halogens is 1. The third kappa shape index (κ3) is 2.58. The maximum Gasteiger partial charge on any atom is 0.231 e. The van der Waals surface area contributed by atoms with Gasteiger partial charge in [-0.15, -0.1) is 0 Å². The highest BCUT2D eigenvalue weighted by Gasteiger charge is 2.23. The molecule has 2 aromatic carbocycles. The van der Waals surface area contributed by atoms with E-state index in [0.717, 1.165) is 46.2 Å². The fourth-order valence-corrected chi connectivity index (χ4v) is 3.41. The Balaban J connectivity index is 1.63. The van der Waals surface area contributed by atoms with Crippen LogP contribution in [0.3, 0.4) is 0 Å². The molecule has 1 aromatic heterocycles. The molecule has 3 nitrogen and oxygen atoms in total. The molecule has 24 heavy (non-hydrogen) atoms. The number of aryl methyl sites for hydroxylation is 2. The van der Waals surface area contributed by atoms with Crippen molar-refractivity contribution in [2.45, 2.75) is 26.2 Å². The molecule has 0 bridgehead atoms. The summed E-state index contributed by atoms with van der Waals surface area (Å²) >= 11 is 0. The lowest BCUT2D eigenvalue weighted by Gasteiger charge is -2.29. The lowest BCUT2D eigenvalue weighted by atomic mass is 10.0. The van der Waals surface area contributed by atoms with Crippen molar-refractivity contribution in [1.29, 1.82) is 0 Å². The minimum atomic E-state index is -0.251. The second kappa shape index (κ2) is 5.78. The summed E-state index contributed by atoms with van der Waals surface area (Å²) in [6.07, 6.45) is 3.61. The molecule has 1 amide bonds. The third-order valence-electron chi connectivity index (χ3n) is 4.61. The van der Waals surface area contributed by atoms with Crippen LogP contribution in [0.2, 0.25) is 0 Å². The Labute approximate surface area is 139 Å². The monoisotopic (exact) mass is 323 g/mol. The molecular formula is C20H18FNO2. The van der Waals surface area contributed by atoms with Gasteiger partial charge in [-0.3, -0.25) is 4.79 Å². The Bertz CT molecular complexity index is 929. The van der Waals surface area contributed by atoms with E-state index in [1.165, 1.54) is 12.1 Å². The van der Waals surface area contributed by atoms with Crippen LogP contribution < -0.4 is 4.90 Å². The average molecular weight is 323 g/mol. The first kappa shape index (κ1) is 14.9. The Hall–Kier alpha value is -2.62. The van der Waals surface area contributed by atoms with Gasteiger partial charge in [-0.1, -0.05) is 12.1 Å². The number of fused-ring (bicyclic) bond motifs is 2. The fourth-order valence-electron chi connectivity index (χ4n) is 3.41. The van der Waals surface area contributed by atoms with Crippen LogP contribution in [0.4, 0.5) is 10.1 Å². The van der Waals surface area contributed by atoms with Crippen molar-refractivity contribution in [2.75, 3.05) is 11.4 Å². The molecule has 122 valence electrons. The number of anilines is 1. The molecule has 0 atom stereocenters. The molecule has 0 spiro atoms. The van der Waals surface area contributed by atoms with Crippen LogP contribution in [0.1, 0.15) is 23.1 Å². The summed E-state index contributed by atoms with van der Waals surface area (Å²) in [5.41, 5.74) is 4.56. The number of rotatable bonds is 2. The van der Waals surface area contributed by atoms with E-state index >= 15 is 0 Å². The second-order valence-corrected chi connectivity index (χ2v) is 6.36. The molecule has 0 unspecified atom stereocenters. The lowest BCUT2D eigenvalue weighted by Crippen LogP contribution is -2.36. The van der Waals surface area contributed by atoms with Crippen molar-refractivity contribution >= 4 is 22.6 Å². The van der Waals surface area contributed by atoms with Gasteiger partial charge in [0.2, 0.25) is 5.91 Å². The highest BCUT2D eigenvalue weighted by atomic mass is 19.1. The van der Waals surface area contributed by atoms with E-state index in [1.54, 1.807) is 17.2 Å². The van der Waals surface area contributed by atoms with Gasteiger partial charge in [0, 0.05) is 23.2 Å². The van der Waals surface area contributed by atoms with E-state index in [9.17, 15) is 9.18 Å². The van der Waals surface area contributed by atoms with Crippen molar-refractivity contribution in [1.82, 2.24) is 0 Å². The van der Waals surface area contributed by atoms with Gasteiger partial charge in [0.05, 0.1) is 12.7 Å². The highest BCUT2D eigenvalue weighted by Crippen LogP contribution is 2.29. The quantitative estimate of drug-likeness (QED) is 0.700. The molecule has 0 fully saturated rings. The zero-order valence-corrected chi connectivity index (χ0v) is 13.5. The van der Waals surface area contributed by atoms with E-state index in [-0.39, 0.29) is 18.1 Å². The molecule has 3 aromatic rings. The van der Waals surface area contributed by atoms with Gasteiger partial charge in [-0.25, -0.2) is 4.39 Å². The Morgan fingerprint density at radius 1 is 1.25 bits per heavy atom. The predicted octanol–water partition coefficient (Wildman–Crippen LogP) is 4.40. The van der Waals surface area contributed by atoms with Crippen molar-refractivity contribution < 1.29 is 13.6 Å². The van der Waals surface area contributed by atoms with Gasteiger partial charge in [0.15, 0.2) is 0 Å². The van der Waals surface area contributed by atoms with Crippen molar-refractivity contribution in [2.24, 2.45) is 0 Å². The summed E-state index contributed by atoms with van der Waals surface area (Å²) in [6, 6.07) is 10.6. The normalized spacial score (nSPS) is 14.0. The molecule has 4 rings (SSSR count). The van der Waals surface area contributed by atoms with Crippen LogP contribution in [0.5, 0.6) is 0 Å². The van der Waals surface area contributed by atoms with Crippen LogP contribution >= 0.6 is 0 Å². The summed E-state index contributed by atoms with van der Waals surface area (Å²) in [5, 5.41) is 0.977.